The van der Waals surface area contributed by atoms with Gasteiger partial charge < -0.3 is 5.32 Å². The third-order valence-corrected chi connectivity index (χ3v) is 3.59. The molecule has 0 atom stereocenters. The van der Waals surface area contributed by atoms with Crippen molar-refractivity contribution in [2.75, 3.05) is 5.32 Å². The van der Waals surface area contributed by atoms with Crippen LogP contribution in [0, 0.1) is 5.82 Å². The lowest BCUT2D eigenvalue weighted by Gasteiger charge is -2.09. The van der Waals surface area contributed by atoms with Crippen molar-refractivity contribution in [3.05, 3.63) is 63.3 Å². The van der Waals surface area contributed by atoms with E-state index in [-0.39, 0.29) is 5.82 Å². The lowest BCUT2D eigenvalue weighted by molar-refractivity contribution is 0.618. The summed E-state index contributed by atoms with van der Waals surface area (Å²) in [5, 5.41) is 3.82. The number of para-hydroxylation sites is 1. The van der Waals surface area contributed by atoms with E-state index in [4.69, 9.17) is 11.6 Å². The van der Waals surface area contributed by atoms with Crippen LogP contribution in [0.5, 0.6) is 0 Å². The summed E-state index contributed by atoms with van der Waals surface area (Å²) in [6.07, 6.45) is 0. The Morgan fingerprint density at radius 2 is 1.88 bits per heavy atom. The first-order valence-corrected chi connectivity index (χ1v) is 6.27. The van der Waals surface area contributed by atoms with E-state index >= 15 is 0 Å². The SMILES string of the molecule is Fc1cccc(CNc2ccccc2Cl)c1Br. The van der Waals surface area contributed by atoms with Crippen molar-refractivity contribution in [1.29, 1.82) is 0 Å². The van der Waals surface area contributed by atoms with Gasteiger partial charge in [0.2, 0.25) is 0 Å². The zero-order valence-electron chi connectivity index (χ0n) is 8.88. The molecule has 0 unspecified atom stereocenters. The summed E-state index contributed by atoms with van der Waals surface area (Å²) in [4.78, 5) is 0. The smallest absolute Gasteiger partial charge is 0.137 e. The van der Waals surface area contributed by atoms with Gasteiger partial charge in [-0.15, -0.1) is 0 Å². The van der Waals surface area contributed by atoms with Crippen molar-refractivity contribution >= 4 is 33.2 Å². The first-order chi connectivity index (χ1) is 8.18. The van der Waals surface area contributed by atoms with Crippen molar-refractivity contribution in [2.24, 2.45) is 0 Å². The highest BCUT2D eigenvalue weighted by atomic mass is 79.9. The van der Waals surface area contributed by atoms with Crippen molar-refractivity contribution in [1.82, 2.24) is 0 Å². The molecule has 4 heteroatoms. The van der Waals surface area contributed by atoms with Crippen LogP contribution < -0.4 is 5.32 Å². The lowest BCUT2D eigenvalue weighted by Crippen LogP contribution is -2.01. The largest absolute Gasteiger partial charge is 0.380 e. The molecule has 0 aliphatic heterocycles. The van der Waals surface area contributed by atoms with Crippen LogP contribution >= 0.6 is 27.5 Å². The molecule has 0 heterocycles. The molecule has 0 aromatic heterocycles. The Kier molecular flexibility index (Phi) is 4.02. The average molecular weight is 315 g/mol. The number of rotatable bonds is 3. The van der Waals surface area contributed by atoms with E-state index in [1.807, 2.05) is 30.3 Å². The topological polar surface area (TPSA) is 12.0 Å². The fraction of sp³-hybridized carbons (Fsp3) is 0.0769. The quantitative estimate of drug-likeness (QED) is 0.853. The summed E-state index contributed by atoms with van der Waals surface area (Å²) < 4.78 is 13.8. The molecule has 0 amide bonds. The number of anilines is 1. The van der Waals surface area contributed by atoms with E-state index in [0.717, 1.165) is 11.3 Å². The predicted molar refractivity (Wildman–Crippen MR) is 72.9 cm³/mol. The highest BCUT2D eigenvalue weighted by molar-refractivity contribution is 9.10. The predicted octanol–water partition coefficient (Wildman–Crippen LogP) is 4.85. The molecule has 2 aromatic rings. The van der Waals surface area contributed by atoms with Gasteiger partial charge in [-0.25, -0.2) is 4.39 Å². The number of benzene rings is 2. The Balaban J connectivity index is 2.13. The minimum atomic E-state index is -0.261. The molecule has 0 aliphatic carbocycles. The van der Waals surface area contributed by atoms with Gasteiger partial charge in [0.25, 0.3) is 0 Å². The second-order valence-electron chi connectivity index (χ2n) is 3.55. The Bertz CT molecular complexity index is 531. The first-order valence-electron chi connectivity index (χ1n) is 5.10. The van der Waals surface area contributed by atoms with Gasteiger partial charge in [0, 0.05) is 6.54 Å². The van der Waals surface area contributed by atoms with Gasteiger partial charge in [-0.1, -0.05) is 35.9 Å². The summed E-state index contributed by atoms with van der Waals surface area (Å²) in [6, 6.07) is 12.4. The first kappa shape index (κ1) is 12.4. The third-order valence-electron chi connectivity index (χ3n) is 2.37. The van der Waals surface area contributed by atoms with Crippen LogP contribution in [0.2, 0.25) is 5.02 Å². The van der Waals surface area contributed by atoms with Gasteiger partial charge in [0.15, 0.2) is 0 Å². The zero-order chi connectivity index (χ0) is 12.3. The number of halogens is 3. The molecule has 0 radical (unpaired) electrons. The maximum absolute atomic E-state index is 13.3. The minimum Gasteiger partial charge on any atom is -0.380 e. The van der Waals surface area contributed by atoms with Crippen LogP contribution in [-0.4, -0.2) is 0 Å². The van der Waals surface area contributed by atoms with E-state index in [1.165, 1.54) is 6.07 Å². The van der Waals surface area contributed by atoms with Crippen LogP contribution in [0.15, 0.2) is 46.9 Å². The fourth-order valence-electron chi connectivity index (χ4n) is 1.48. The highest BCUT2D eigenvalue weighted by Gasteiger charge is 2.05. The Labute approximate surface area is 113 Å². The maximum Gasteiger partial charge on any atom is 0.137 e. The Morgan fingerprint density at radius 3 is 2.65 bits per heavy atom. The standard InChI is InChI=1S/C13H10BrClFN/c14-13-9(4-3-6-11(13)16)8-17-12-7-2-1-5-10(12)15/h1-7,17H,8H2. The van der Waals surface area contributed by atoms with E-state index < -0.39 is 0 Å². The fourth-order valence-corrected chi connectivity index (χ4v) is 2.09. The number of hydrogen-bond acceptors (Lipinski definition) is 1. The maximum atomic E-state index is 13.3. The lowest BCUT2D eigenvalue weighted by atomic mass is 10.2. The summed E-state index contributed by atoms with van der Waals surface area (Å²) in [7, 11) is 0. The number of hydrogen-bond donors (Lipinski definition) is 1. The van der Waals surface area contributed by atoms with E-state index in [0.29, 0.717) is 16.0 Å². The molecule has 1 N–H and O–H groups in total. The molecule has 2 rings (SSSR count). The van der Waals surface area contributed by atoms with Crippen LogP contribution in [0.4, 0.5) is 10.1 Å². The van der Waals surface area contributed by atoms with Gasteiger partial charge in [-0.05, 0) is 39.7 Å². The normalized spacial score (nSPS) is 10.3. The Hall–Kier alpha value is -1.06. The molecule has 2 aromatic carbocycles. The van der Waals surface area contributed by atoms with Crippen molar-refractivity contribution < 1.29 is 4.39 Å². The molecule has 88 valence electrons. The molecule has 1 nitrogen and oxygen atoms in total. The van der Waals surface area contributed by atoms with E-state index in [2.05, 4.69) is 21.2 Å². The zero-order valence-corrected chi connectivity index (χ0v) is 11.2. The third kappa shape index (κ3) is 2.99. The van der Waals surface area contributed by atoms with Crippen molar-refractivity contribution in [3.8, 4) is 0 Å². The second kappa shape index (κ2) is 5.52. The highest BCUT2D eigenvalue weighted by Crippen LogP contribution is 2.24. The van der Waals surface area contributed by atoms with Crippen LogP contribution in [0.3, 0.4) is 0 Å². The van der Waals surface area contributed by atoms with Gasteiger partial charge in [-0.2, -0.15) is 0 Å². The molecule has 17 heavy (non-hydrogen) atoms. The number of nitrogens with one attached hydrogen (secondary N) is 1. The van der Waals surface area contributed by atoms with Gasteiger partial charge in [0.1, 0.15) is 5.82 Å². The monoisotopic (exact) mass is 313 g/mol. The Morgan fingerprint density at radius 1 is 1.12 bits per heavy atom. The van der Waals surface area contributed by atoms with Crippen molar-refractivity contribution in [2.45, 2.75) is 6.54 Å². The van der Waals surface area contributed by atoms with Crippen LogP contribution in [0.1, 0.15) is 5.56 Å². The van der Waals surface area contributed by atoms with E-state index in [1.54, 1.807) is 6.07 Å². The molecule has 0 spiro atoms. The second-order valence-corrected chi connectivity index (χ2v) is 4.75. The summed E-state index contributed by atoms with van der Waals surface area (Å²) >= 11 is 9.24. The molecule has 0 fully saturated rings. The van der Waals surface area contributed by atoms with Crippen LogP contribution in [-0.2, 0) is 6.54 Å². The average Bonchev–Trinajstić information content (AvgIpc) is 2.33. The molecule has 0 saturated carbocycles. The van der Waals surface area contributed by atoms with Gasteiger partial charge in [-0.3, -0.25) is 0 Å². The summed E-state index contributed by atoms with van der Waals surface area (Å²) in [5.41, 5.74) is 1.69. The molecule has 0 saturated heterocycles. The summed E-state index contributed by atoms with van der Waals surface area (Å²) in [6.45, 7) is 0.516. The molecule has 0 aliphatic rings. The molecule has 0 bridgehead atoms. The minimum absolute atomic E-state index is 0.261. The van der Waals surface area contributed by atoms with Gasteiger partial charge >= 0.3 is 0 Å². The molecular weight excluding hydrogens is 305 g/mol. The summed E-state index contributed by atoms with van der Waals surface area (Å²) in [5.74, 6) is -0.261. The van der Waals surface area contributed by atoms with E-state index in [9.17, 15) is 4.39 Å². The van der Waals surface area contributed by atoms with Crippen molar-refractivity contribution in [3.63, 3.8) is 0 Å². The van der Waals surface area contributed by atoms with Crippen LogP contribution in [0.25, 0.3) is 0 Å². The molecular formula is C13H10BrClFN. The van der Waals surface area contributed by atoms with Gasteiger partial charge in [0.05, 0.1) is 15.2 Å².